The van der Waals surface area contributed by atoms with Gasteiger partial charge in [-0.25, -0.2) is 4.39 Å². The number of aryl methyl sites for hydroxylation is 1. The molecule has 1 amide bonds. The molecule has 1 aromatic heterocycles. The van der Waals surface area contributed by atoms with Gasteiger partial charge in [0.2, 0.25) is 0 Å². The third kappa shape index (κ3) is 5.13. The number of carbonyl (C=O) groups is 1. The van der Waals surface area contributed by atoms with E-state index in [0.717, 1.165) is 42.8 Å². The van der Waals surface area contributed by atoms with E-state index in [1.165, 1.54) is 17.0 Å². The first-order valence-corrected chi connectivity index (χ1v) is 9.61. The van der Waals surface area contributed by atoms with Gasteiger partial charge >= 0.3 is 0 Å². The van der Waals surface area contributed by atoms with Crippen LogP contribution in [0.3, 0.4) is 0 Å². The molecule has 2 aromatic rings. The van der Waals surface area contributed by atoms with E-state index >= 15 is 0 Å². The second-order valence-electron chi connectivity index (χ2n) is 6.62. The lowest BCUT2D eigenvalue weighted by Crippen LogP contribution is -2.38. The summed E-state index contributed by atoms with van der Waals surface area (Å²) in [4.78, 5) is 16.4. The summed E-state index contributed by atoms with van der Waals surface area (Å²) < 4.78 is 18.8. The van der Waals surface area contributed by atoms with Crippen LogP contribution in [0.15, 0.2) is 36.4 Å². The second-order valence-corrected chi connectivity index (χ2v) is 7.90. The molecule has 0 spiro atoms. The molecular formula is C20H24FNO2S. The average molecular weight is 361 g/mol. The Morgan fingerprint density at radius 2 is 2.08 bits per heavy atom. The minimum atomic E-state index is -0.223. The van der Waals surface area contributed by atoms with Gasteiger partial charge in [0.25, 0.3) is 5.91 Å². The number of ether oxygens (including phenoxy) is 1. The number of piperidine rings is 1. The fraction of sp³-hybridized carbons (Fsp3) is 0.450. The summed E-state index contributed by atoms with van der Waals surface area (Å²) in [6.07, 6.45) is 3.05. The molecule has 1 aliphatic rings. The first kappa shape index (κ1) is 18.1. The highest BCUT2D eigenvalue weighted by Crippen LogP contribution is 2.24. The molecule has 0 radical (unpaired) electrons. The summed E-state index contributed by atoms with van der Waals surface area (Å²) in [5.41, 5.74) is 0.867. The molecular weight excluding hydrogens is 337 g/mol. The summed E-state index contributed by atoms with van der Waals surface area (Å²) in [6.45, 7) is 4.80. The van der Waals surface area contributed by atoms with Gasteiger partial charge in [-0.2, -0.15) is 0 Å². The molecule has 1 saturated heterocycles. The number of nitrogens with zero attached hydrogens (tertiary/aromatic N) is 1. The van der Waals surface area contributed by atoms with Gasteiger partial charge in [-0.15, -0.1) is 11.3 Å². The van der Waals surface area contributed by atoms with Crippen molar-refractivity contribution in [3.8, 4) is 0 Å². The van der Waals surface area contributed by atoms with Crippen LogP contribution in [0.4, 0.5) is 4.39 Å². The van der Waals surface area contributed by atoms with Crippen LogP contribution < -0.4 is 0 Å². The fourth-order valence-electron chi connectivity index (χ4n) is 3.20. The number of hydrogen-bond donors (Lipinski definition) is 0. The highest BCUT2D eigenvalue weighted by atomic mass is 32.1. The molecule has 0 bridgehead atoms. The quantitative estimate of drug-likeness (QED) is 0.701. The highest BCUT2D eigenvalue weighted by Gasteiger charge is 2.24. The number of benzene rings is 1. The fourth-order valence-corrected chi connectivity index (χ4v) is 4.03. The second kappa shape index (κ2) is 8.59. The summed E-state index contributed by atoms with van der Waals surface area (Å²) >= 11 is 1.57. The molecule has 0 saturated carbocycles. The Labute approximate surface area is 152 Å². The number of hydrogen-bond acceptors (Lipinski definition) is 3. The number of halogens is 1. The molecule has 1 aliphatic heterocycles. The van der Waals surface area contributed by atoms with E-state index in [-0.39, 0.29) is 11.7 Å². The SMILES string of the molecule is Cc1ccc(C(=O)N2CCC(CCOCc3cccc(F)c3)CC2)s1. The van der Waals surface area contributed by atoms with Crippen LogP contribution in [-0.4, -0.2) is 30.5 Å². The predicted octanol–water partition coefficient (Wildman–Crippen LogP) is 4.65. The maximum Gasteiger partial charge on any atom is 0.263 e. The molecule has 3 rings (SSSR count). The van der Waals surface area contributed by atoms with Crippen LogP contribution in [0.25, 0.3) is 0 Å². The zero-order chi connectivity index (χ0) is 17.6. The van der Waals surface area contributed by atoms with Gasteiger partial charge in [0, 0.05) is 24.6 Å². The third-order valence-corrected chi connectivity index (χ3v) is 5.67. The zero-order valence-electron chi connectivity index (χ0n) is 14.5. The Morgan fingerprint density at radius 3 is 2.76 bits per heavy atom. The number of thiophene rings is 1. The van der Waals surface area contributed by atoms with Gasteiger partial charge in [-0.05, 0) is 61.9 Å². The van der Waals surface area contributed by atoms with Crippen LogP contribution in [0, 0.1) is 18.7 Å². The lowest BCUT2D eigenvalue weighted by atomic mass is 9.94. The minimum absolute atomic E-state index is 0.166. The normalized spacial score (nSPS) is 15.5. The van der Waals surface area contributed by atoms with E-state index in [2.05, 4.69) is 0 Å². The maximum absolute atomic E-state index is 13.1. The van der Waals surface area contributed by atoms with E-state index in [1.54, 1.807) is 17.4 Å². The van der Waals surface area contributed by atoms with E-state index in [4.69, 9.17) is 4.74 Å². The molecule has 0 unspecified atom stereocenters. The van der Waals surface area contributed by atoms with Gasteiger partial charge < -0.3 is 9.64 Å². The van der Waals surface area contributed by atoms with E-state index in [1.807, 2.05) is 30.0 Å². The monoisotopic (exact) mass is 361 g/mol. The van der Waals surface area contributed by atoms with Crippen molar-refractivity contribution in [1.29, 1.82) is 0 Å². The molecule has 25 heavy (non-hydrogen) atoms. The number of rotatable bonds is 6. The average Bonchev–Trinajstić information content (AvgIpc) is 3.05. The van der Waals surface area contributed by atoms with Crippen LogP contribution in [-0.2, 0) is 11.3 Å². The number of carbonyl (C=O) groups excluding carboxylic acids is 1. The van der Waals surface area contributed by atoms with Crippen molar-refractivity contribution >= 4 is 17.2 Å². The van der Waals surface area contributed by atoms with Gasteiger partial charge in [-0.3, -0.25) is 4.79 Å². The molecule has 1 fully saturated rings. The zero-order valence-corrected chi connectivity index (χ0v) is 15.4. The van der Waals surface area contributed by atoms with Gasteiger partial charge in [0.05, 0.1) is 11.5 Å². The lowest BCUT2D eigenvalue weighted by molar-refractivity contribution is 0.0643. The Balaban J connectivity index is 1.36. The van der Waals surface area contributed by atoms with Crippen molar-refractivity contribution in [2.75, 3.05) is 19.7 Å². The molecule has 0 N–H and O–H groups in total. The van der Waals surface area contributed by atoms with Crippen LogP contribution in [0.5, 0.6) is 0 Å². The van der Waals surface area contributed by atoms with E-state index in [9.17, 15) is 9.18 Å². The molecule has 2 heterocycles. The van der Waals surface area contributed by atoms with Gasteiger partial charge in [-0.1, -0.05) is 12.1 Å². The van der Waals surface area contributed by atoms with E-state index < -0.39 is 0 Å². The molecule has 0 aliphatic carbocycles. The predicted molar refractivity (Wildman–Crippen MR) is 98.4 cm³/mol. The van der Waals surface area contributed by atoms with Crippen molar-refractivity contribution < 1.29 is 13.9 Å². The van der Waals surface area contributed by atoms with Crippen molar-refractivity contribution in [3.05, 3.63) is 57.5 Å². The van der Waals surface area contributed by atoms with Crippen LogP contribution in [0.2, 0.25) is 0 Å². The smallest absolute Gasteiger partial charge is 0.263 e. The van der Waals surface area contributed by atoms with Crippen molar-refractivity contribution in [3.63, 3.8) is 0 Å². The molecule has 134 valence electrons. The first-order chi connectivity index (χ1) is 12.1. The van der Waals surface area contributed by atoms with Crippen LogP contribution >= 0.6 is 11.3 Å². The van der Waals surface area contributed by atoms with Crippen molar-refractivity contribution in [2.45, 2.75) is 32.8 Å². The summed E-state index contributed by atoms with van der Waals surface area (Å²) in [7, 11) is 0. The van der Waals surface area contributed by atoms with Gasteiger partial charge in [0.1, 0.15) is 5.82 Å². The Hall–Kier alpha value is -1.72. The number of likely N-dealkylation sites (tertiary alicyclic amines) is 1. The molecule has 1 aromatic carbocycles. The summed E-state index contributed by atoms with van der Waals surface area (Å²) in [5.74, 6) is 0.541. The Kier molecular flexibility index (Phi) is 6.21. The van der Waals surface area contributed by atoms with Crippen molar-refractivity contribution in [1.82, 2.24) is 4.90 Å². The summed E-state index contributed by atoms with van der Waals surface area (Å²) in [6, 6.07) is 10.5. The topological polar surface area (TPSA) is 29.5 Å². The molecule has 5 heteroatoms. The standard InChI is InChI=1S/C20H24FNO2S/c1-15-5-6-19(25-15)20(23)22-10-7-16(8-11-22)9-12-24-14-17-3-2-4-18(21)13-17/h2-6,13,16H,7-12,14H2,1H3. The maximum atomic E-state index is 13.1. The number of amides is 1. The Morgan fingerprint density at radius 1 is 1.28 bits per heavy atom. The van der Waals surface area contributed by atoms with E-state index in [0.29, 0.717) is 19.1 Å². The third-order valence-electron chi connectivity index (χ3n) is 4.68. The lowest BCUT2D eigenvalue weighted by Gasteiger charge is -2.31. The molecule has 0 atom stereocenters. The highest BCUT2D eigenvalue weighted by molar-refractivity contribution is 7.13. The largest absolute Gasteiger partial charge is 0.377 e. The minimum Gasteiger partial charge on any atom is -0.377 e. The summed E-state index contributed by atoms with van der Waals surface area (Å²) in [5, 5.41) is 0. The van der Waals surface area contributed by atoms with Crippen molar-refractivity contribution in [2.24, 2.45) is 5.92 Å². The molecule has 3 nitrogen and oxygen atoms in total. The van der Waals surface area contributed by atoms with Gasteiger partial charge in [0.15, 0.2) is 0 Å². The Bertz CT molecular complexity index is 707. The van der Waals surface area contributed by atoms with Crippen LogP contribution in [0.1, 0.15) is 39.4 Å². The first-order valence-electron chi connectivity index (χ1n) is 8.80.